The first-order chi connectivity index (χ1) is 8.52. The number of benzene rings is 1. The molecule has 18 heavy (non-hydrogen) atoms. The third kappa shape index (κ3) is 2.83. The third-order valence-corrected chi connectivity index (χ3v) is 3.59. The van der Waals surface area contributed by atoms with Crippen LogP contribution in [0.3, 0.4) is 0 Å². The first kappa shape index (κ1) is 12.9. The summed E-state index contributed by atoms with van der Waals surface area (Å²) in [5, 5.41) is 8.98. The lowest BCUT2D eigenvalue weighted by Crippen LogP contribution is -2.42. The molecular weight excluding hydrogens is 222 g/mol. The van der Waals surface area contributed by atoms with Crippen LogP contribution in [0.15, 0.2) is 24.3 Å². The molecule has 2 N–H and O–H groups in total. The molecule has 0 spiro atoms. The van der Waals surface area contributed by atoms with E-state index in [0.717, 1.165) is 19.5 Å². The number of nitrogens with two attached hydrogens (primary N) is 1. The molecule has 1 heterocycles. The number of rotatable bonds is 3. The lowest BCUT2D eigenvalue weighted by molar-refractivity contribution is 0.489. The van der Waals surface area contributed by atoms with E-state index in [0.29, 0.717) is 12.3 Å². The van der Waals surface area contributed by atoms with E-state index in [1.54, 1.807) is 6.92 Å². The summed E-state index contributed by atoms with van der Waals surface area (Å²) in [6.45, 7) is 5.97. The minimum Gasteiger partial charge on any atom is -0.371 e. The van der Waals surface area contributed by atoms with Crippen molar-refractivity contribution in [3.63, 3.8) is 0 Å². The minimum absolute atomic E-state index is 0.658. The molecule has 2 rings (SSSR count). The minimum atomic E-state index is -0.727. The summed E-state index contributed by atoms with van der Waals surface area (Å²) in [5.41, 5.74) is 7.89. The summed E-state index contributed by atoms with van der Waals surface area (Å²) < 4.78 is 0. The summed E-state index contributed by atoms with van der Waals surface area (Å²) in [7, 11) is 0. The van der Waals surface area contributed by atoms with Crippen molar-refractivity contribution in [2.45, 2.75) is 32.2 Å². The van der Waals surface area contributed by atoms with Crippen molar-refractivity contribution in [3.8, 4) is 6.07 Å². The molecule has 0 saturated carbocycles. The van der Waals surface area contributed by atoms with Crippen LogP contribution in [0, 0.1) is 17.2 Å². The molecular formula is C15H21N3. The molecule has 0 bridgehead atoms. The van der Waals surface area contributed by atoms with Crippen molar-refractivity contribution in [1.82, 2.24) is 0 Å². The van der Waals surface area contributed by atoms with Gasteiger partial charge in [0, 0.05) is 18.8 Å². The molecule has 0 fully saturated rings. The molecule has 3 nitrogen and oxygen atoms in total. The third-order valence-electron chi connectivity index (χ3n) is 3.59. The molecule has 1 aromatic carbocycles. The molecule has 0 radical (unpaired) electrons. The largest absolute Gasteiger partial charge is 0.371 e. The zero-order valence-electron chi connectivity index (χ0n) is 11.2. The predicted molar refractivity (Wildman–Crippen MR) is 74.3 cm³/mol. The van der Waals surface area contributed by atoms with Gasteiger partial charge in [-0.25, -0.2) is 0 Å². The molecule has 1 aliphatic rings. The number of para-hydroxylation sites is 1. The van der Waals surface area contributed by atoms with E-state index in [1.165, 1.54) is 11.3 Å². The van der Waals surface area contributed by atoms with Gasteiger partial charge in [-0.05, 0) is 37.3 Å². The average molecular weight is 243 g/mol. The fourth-order valence-electron chi connectivity index (χ4n) is 2.54. The van der Waals surface area contributed by atoms with Crippen molar-refractivity contribution in [3.05, 3.63) is 29.8 Å². The van der Waals surface area contributed by atoms with Crippen LogP contribution < -0.4 is 10.6 Å². The van der Waals surface area contributed by atoms with Gasteiger partial charge in [0.15, 0.2) is 0 Å². The maximum Gasteiger partial charge on any atom is 0.103 e. The lowest BCUT2D eigenvalue weighted by Gasteiger charge is -2.36. The van der Waals surface area contributed by atoms with Crippen LogP contribution in [0.2, 0.25) is 0 Å². The van der Waals surface area contributed by atoms with Gasteiger partial charge in [-0.15, -0.1) is 0 Å². The second-order valence-electron chi connectivity index (χ2n) is 5.66. The SMILES string of the molecule is CC1Cc2ccccc2N(CCC(C)(N)C#N)C1. The number of nitriles is 1. The van der Waals surface area contributed by atoms with Gasteiger partial charge < -0.3 is 10.6 Å². The predicted octanol–water partition coefficient (Wildman–Crippen LogP) is 2.32. The summed E-state index contributed by atoms with van der Waals surface area (Å²) in [5.74, 6) is 0.658. The molecule has 0 amide bonds. The highest BCUT2D eigenvalue weighted by Crippen LogP contribution is 2.29. The van der Waals surface area contributed by atoms with Crippen molar-refractivity contribution >= 4 is 5.69 Å². The van der Waals surface area contributed by atoms with Gasteiger partial charge >= 0.3 is 0 Å². The molecule has 3 heteroatoms. The molecule has 1 aliphatic heterocycles. The number of anilines is 1. The standard InChI is InChI=1S/C15H21N3/c1-12-9-13-5-3-4-6-14(13)18(10-12)8-7-15(2,17)11-16/h3-6,12H,7-10,17H2,1-2H3. The van der Waals surface area contributed by atoms with Gasteiger partial charge in [0.25, 0.3) is 0 Å². The number of fused-ring (bicyclic) bond motifs is 1. The lowest BCUT2D eigenvalue weighted by atomic mass is 9.92. The average Bonchev–Trinajstić information content (AvgIpc) is 2.36. The second-order valence-corrected chi connectivity index (χ2v) is 5.66. The Hall–Kier alpha value is -1.53. The molecule has 2 atom stereocenters. The summed E-state index contributed by atoms with van der Waals surface area (Å²) in [6.07, 6.45) is 1.84. The van der Waals surface area contributed by atoms with Crippen molar-refractivity contribution in [2.75, 3.05) is 18.0 Å². The van der Waals surface area contributed by atoms with E-state index in [2.05, 4.69) is 42.2 Å². The molecule has 96 valence electrons. The number of hydrogen-bond donors (Lipinski definition) is 1. The Labute approximate surface area is 109 Å². The summed E-state index contributed by atoms with van der Waals surface area (Å²) in [4.78, 5) is 2.37. The molecule has 0 aromatic heterocycles. The van der Waals surface area contributed by atoms with Gasteiger partial charge in [-0.1, -0.05) is 25.1 Å². The fourth-order valence-corrected chi connectivity index (χ4v) is 2.54. The fraction of sp³-hybridized carbons (Fsp3) is 0.533. The van der Waals surface area contributed by atoms with Gasteiger partial charge in [-0.3, -0.25) is 0 Å². The Balaban J connectivity index is 2.12. The maximum absolute atomic E-state index is 8.98. The Bertz CT molecular complexity index is 459. The zero-order valence-corrected chi connectivity index (χ0v) is 11.2. The van der Waals surface area contributed by atoms with Gasteiger partial charge in [-0.2, -0.15) is 5.26 Å². The highest BCUT2D eigenvalue weighted by molar-refractivity contribution is 5.55. The van der Waals surface area contributed by atoms with E-state index in [1.807, 2.05) is 0 Å². The monoisotopic (exact) mass is 243 g/mol. The maximum atomic E-state index is 8.98. The zero-order chi connectivity index (χ0) is 13.2. The Morgan fingerprint density at radius 2 is 2.22 bits per heavy atom. The second kappa shape index (κ2) is 4.99. The molecule has 0 aliphatic carbocycles. The normalized spacial score (nSPS) is 21.9. The number of hydrogen-bond acceptors (Lipinski definition) is 3. The van der Waals surface area contributed by atoms with E-state index in [9.17, 15) is 0 Å². The van der Waals surface area contributed by atoms with Crippen molar-refractivity contribution in [2.24, 2.45) is 11.7 Å². The molecule has 2 unspecified atom stereocenters. The van der Waals surface area contributed by atoms with Crippen LogP contribution in [0.4, 0.5) is 5.69 Å². The van der Waals surface area contributed by atoms with E-state index >= 15 is 0 Å². The summed E-state index contributed by atoms with van der Waals surface area (Å²) >= 11 is 0. The van der Waals surface area contributed by atoms with Crippen molar-refractivity contribution < 1.29 is 0 Å². The van der Waals surface area contributed by atoms with Crippen LogP contribution in [-0.2, 0) is 6.42 Å². The first-order valence-electron chi connectivity index (χ1n) is 6.55. The number of nitrogens with zero attached hydrogens (tertiary/aromatic N) is 2. The molecule has 0 saturated heterocycles. The van der Waals surface area contributed by atoms with Crippen LogP contribution in [0.5, 0.6) is 0 Å². The van der Waals surface area contributed by atoms with Gasteiger partial charge in [0.1, 0.15) is 5.54 Å². The van der Waals surface area contributed by atoms with Crippen LogP contribution in [-0.4, -0.2) is 18.6 Å². The Morgan fingerprint density at radius 3 is 2.94 bits per heavy atom. The van der Waals surface area contributed by atoms with Crippen LogP contribution in [0.25, 0.3) is 0 Å². The Morgan fingerprint density at radius 1 is 1.50 bits per heavy atom. The smallest absolute Gasteiger partial charge is 0.103 e. The van der Waals surface area contributed by atoms with Gasteiger partial charge in [0.05, 0.1) is 6.07 Å². The van der Waals surface area contributed by atoms with Crippen LogP contribution in [0.1, 0.15) is 25.8 Å². The first-order valence-corrected chi connectivity index (χ1v) is 6.55. The van der Waals surface area contributed by atoms with Crippen LogP contribution >= 0.6 is 0 Å². The van der Waals surface area contributed by atoms with Gasteiger partial charge in [0.2, 0.25) is 0 Å². The quantitative estimate of drug-likeness (QED) is 0.886. The topological polar surface area (TPSA) is 53.0 Å². The Kier molecular flexibility index (Phi) is 3.58. The highest BCUT2D eigenvalue weighted by atomic mass is 15.1. The van der Waals surface area contributed by atoms with E-state index < -0.39 is 5.54 Å². The highest BCUT2D eigenvalue weighted by Gasteiger charge is 2.24. The van der Waals surface area contributed by atoms with E-state index in [4.69, 9.17) is 11.0 Å². The van der Waals surface area contributed by atoms with E-state index in [-0.39, 0.29) is 0 Å². The molecule has 1 aromatic rings. The summed E-state index contributed by atoms with van der Waals surface area (Å²) in [6, 6.07) is 10.7. The van der Waals surface area contributed by atoms with Crippen molar-refractivity contribution in [1.29, 1.82) is 5.26 Å².